The van der Waals surface area contributed by atoms with E-state index in [1.807, 2.05) is 44.2 Å². The first-order valence-corrected chi connectivity index (χ1v) is 13.0. The summed E-state index contributed by atoms with van der Waals surface area (Å²) >= 11 is 0. The van der Waals surface area contributed by atoms with Crippen LogP contribution in [0.2, 0.25) is 0 Å². The van der Waals surface area contributed by atoms with Crippen LogP contribution in [0.25, 0.3) is 0 Å². The summed E-state index contributed by atoms with van der Waals surface area (Å²) < 4.78 is 28.1. The van der Waals surface area contributed by atoms with Gasteiger partial charge in [-0.2, -0.15) is 4.98 Å². The molecule has 0 spiro atoms. The van der Waals surface area contributed by atoms with Gasteiger partial charge in [0.1, 0.15) is 21.4 Å². The van der Waals surface area contributed by atoms with Crippen LogP contribution in [0, 0.1) is 13.8 Å². The maximum atomic E-state index is 11.6. The summed E-state index contributed by atoms with van der Waals surface area (Å²) in [7, 11) is -2.99. The van der Waals surface area contributed by atoms with Gasteiger partial charge in [-0.15, -0.1) is 0 Å². The Balaban J connectivity index is 1.67. The molecular weight excluding hydrogens is 466 g/mol. The normalized spacial score (nSPS) is 10.9. The van der Waals surface area contributed by atoms with Crippen LogP contribution < -0.4 is 20.7 Å². The predicted octanol–water partition coefficient (Wildman–Crippen LogP) is 4.52. The van der Waals surface area contributed by atoms with E-state index in [0.717, 1.165) is 22.5 Å². The van der Waals surface area contributed by atoms with Crippen molar-refractivity contribution < 1.29 is 17.9 Å². The number of hydrogen-bond donors (Lipinski definition) is 3. The van der Waals surface area contributed by atoms with Crippen molar-refractivity contribution in [2.45, 2.75) is 20.3 Å². The van der Waals surface area contributed by atoms with Gasteiger partial charge < -0.3 is 20.7 Å². The van der Waals surface area contributed by atoms with Crippen LogP contribution in [-0.4, -0.2) is 42.9 Å². The highest BCUT2D eigenvalue weighted by atomic mass is 32.2. The number of amides is 1. The summed E-state index contributed by atoms with van der Waals surface area (Å²) in [5.41, 5.74) is 3.99. The molecule has 2 aromatic carbocycles. The predicted molar refractivity (Wildman–Crippen MR) is 140 cm³/mol. The Hall–Kier alpha value is -3.92. The number of ether oxygens (including phenoxy) is 1. The van der Waals surface area contributed by atoms with Gasteiger partial charge in [0.25, 0.3) is 0 Å². The Kier molecular flexibility index (Phi) is 8.43. The SMILES string of the molecule is C=CC(=O)Nc1cccc(Nc2nc(Nc3ccc(OCCCS(C)(=O)=O)cc3C)ncc2C)c1. The molecule has 3 rings (SSSR count). The van der Waals surface area contributed by atoms with Crippen molar-refractivity contribution in [3.05, 3.63) is 72.4 Å². The van der Waals surface area contributed by atoms with Crippen LogP contribution in [0.1, 0.15) is 17.5 Å². The molecule has 0 aliphatic carbocycles. The largest absolute Gasteiger partial charge is 0.494 e. The average molecular weight is 496 g/mol. The van der Waals surface area contributed by atoms with Gasteiger partial charge in [0, 0.05) is 35.1 Å². The smallest absolute Gasteiger partial charge is 0.247 e. The number of aryl methyl sites for hydroxylation is 2. The van der Waals surface area contributed by atoms with Crippen molar-refractivity contribution in [2.75, 3.05) is 34.6 Å². The second-order valence-corrected chi connectivity index (χ2v) is 10.3. The van der Waals surface area contributed by atoms with Gasteiger partial charge in [0.15, 0.2) is 0 Å². The Morgan fingerprint density at radius 3 is 2.57 bits per heavy atom. The molecule has 0 saturated heterocycles. The molecule has 1 aromatic heterocycles. The third-order valence-electron chi connectivity index (χ3n) is 4.92. The quantitative estimate of drug-likeness (QED) is 0.262. The molecule has 0 aliphatic rings. The van der Waals surface area contributed by atoms with Crippen molar-refractivity contribution in [3.63, 3.8) is 0 Å². The van der Waals surface area contributed by atoms with Gasteiger partial charge in [-0.3, -0.25) is 4.79 Å². The van der Waals surface area contributed by atoms with E-state index in [2.05, 4.69) is 32.5 Å². The van der Waals surface area contributed by atoms with Gasteiger partial charge in [-0.25, -0.2) is 13.4 Å². The summed E-state index contributed by atoms with van der Waals surface area (Å²) in [6.45, 7) is 7.62. The molecule has 0 saturated carbocycles. The lowest BCUT2D eigenvalue weighted by Crippen LogP contribution is -2.08. The minimum Gasteiger partial charge on any atom is -0.494 e. The van der Waals surface area contributed by atoms with Gasteiger partial charge >= 0.3 is 0 Å². The lowest BCUT2D eigenvalue weighted by atomic mass is 10.2. The molecule has 0 unspecified atom stereocenters. The molecule has 0 atom stereocenters. The molecule has 35 heavy (non-hydrogen) atoms. The molecule has 9 nitrogen and oxygen atoms in total. The standard InChI is InChI=1S/C25H29N5O4S/c1-5-23(31)27-19-8-6-9-20(15-19)28-24-18(3)16-26-25(30-24)29-22-11-10-21(14-17(22)2)34-12-7-13-35(4,32)33/h5-6,8-11,14-16H,1,7,12-13H2,2-4H3,(H,27,31)(H2,26,28,29,30). The van der Waals surface area contributed by atoms with Crippen molar-refractivity contribution in [1.29, 1.82) is 0 Å². The third kappa shape index (κ3) is 8.11. The van der Waals surface area contributed by atoms with E-state index in [4.69, 9.17) is 4.74 Å². The molecule has 184 valence electrons. The molecule has 1 heterocycles. The fraction of sp³-hybridized carbons (Fsp3) is 0.240. The summed E-state index contributed by atoms with van der Waals surface area (Å²) in [6, 6.07) is 12.8. The molecule has 0 fully saturated rings. The number of anilines is 5. The zero-order valence-electron chi connectivity index (χ0n) is 20.0. The zero-order chi connectivity index (χ0) is 25.4. The lowest BCUT2D eigenvalue weighted by Gasteiger charge is -2.14. The molecule has 3 aromatic rings. The number of carbonyl (C=O) groups is 1. The first-order valence-electron chi connectivity index (χ1n) is 11.0. The van der Waals surface area contributed by atoms with E-state index in [-0.39, 0.29) is 11.7 Å². The number of nitrogens with zero attached hydrogens (tertiary/aromatic N) is 2. The number of carbonyl (C=O) groups excluding carboxylic acids is 1. The summed E-state index contributed by atoms with van der Waals surface area (Å²) in [4.78, 5) is 20.5. The molecule has 10 heteroatoms. The highest BCUT2D eigenvalue weighted by molar-refractivity contribution is 7.90. The Morgan fingerprint density at radius 2 is 1.86 bits per heavy atom. The van der Waals surface area contributed by atoms with Crippen molar-refractivity contribution in [1.82, 2.24) is 9.97 Å². The highest BCUT2D eigenvalue weighted by Crippen LogP contribution is 2.26. The fourth-order valence-electron chi connectivity index (χ4n) is 3.13. The molecule has 1 amide bonds. The van der Waals surface area contributed by atoms with Crippen LogP contribution in [0.15, 0.2) is 61.3 Å². The van der Waals surface area contributed by atoms with E-state index in [9.17, 15) is 13.2 Å². The third-order valence-corrected chi connectivity index (χ3v) is 5.95. The first kappa shape index (κ1) is 25.7. The number of rotatable bonds is 11. The molecule has 0 bridgehead atoms. The summed E-state index contributed by atoms with van der Waals surface area (Å²) in [5, 5.41) is 9.21. The summed E-state index contributed by atoms with van der Waals surface area (Å²) in [5.74, 6) is 1.52. The van der Waals surface area contributed by atoms with Gasteiger partial charge in [0.05, 0.1) is 12.4 Å². The van der Waals surface area contributed by atoms with Crippen LogP contribution in [-0.2, 0) is 14.6 Å². The topological polar surface area (TPSA) is 122 Å². The Morgan fingerprint density at radius 1 is 1.09 bits per heavy atom. The summed E-state index contributed by atoms with van der Waals surface area (Å²) in [6.07, 6.45) is 4.59. The molecular formula is C25H29N5O4S. The van der Waals surface area contributed by atoms with E-state index >= 15 is 0 Å². The van der Waals surface area contributed by atoms with Gasteiger partial charge in [0.2, 0.25) is 11.9 Å². The zero-order valence-corrected chi connectivity index (χ0v) is 20.8. The van der Waals surface area contributed by atoms with Crippen LogP contribution in [0.5, 0.6) is 5.75 Å². The maximum Gasteiger partial charge on any atom is 0.247 e. The van der Waals surface area contributed by atoms with E-state index in [0.29, 0.717) is 36.2 Å². The van der Waals surface area contributed by atoms with E-state index < -0.39 is 9.84 Å². The second-order valence-electron chi connectivity index (χ2n) is 8.06. The Bertz CT molecular complexity index is 1330. The lowest BCUT2D eigenvalue weighted by molar-refractivity contribution is -0.111. The number of sulfone groups is 1. The minimum absolute atomic E-state index is 0.0977. The van der Waals surface area contributed by atoms with Crippen LogP contribution in [0.4, 0.5) is 28.8 Å². The minimum atomic E-state index is -2.99. The van der Waals surface area contributed by atoms with Crippen LogP contribution >= 0.6 is 0 Å². The number of benzene rings is 2. The maximum absolute atomic E-state index is 11.6. The number of aromatic nitrogens is 2. The van der Waals surface area contributed by atoms with Crippen LogP contribution in [0.3, 0.4) is 0 Å². The average Bonchev–Trinajstić information content (AvgIpc) is 2.80. The van der Waals surface area contributed by atoms with E-state index in [1.165, 1.54) is 12.3 Å². The van der Waals surface area contributed by atoms with E-state index in [1.54, 1.807) is 18.3 Å². The van der Waals surface area contributed by atoms with Gasteiger partial charge in [-0.05, 0) is 68.3 Å². The number of nitrogens with one attached hydrogen (secondary N) is 3. The van der Waals surface area contributed by atoms with Crippen molar-refractivity contribution >= 4 is 44.6 Å². The monoisotopic (exact) mass is 495 g/mol. The Labute approximate surface area is 205 Å². The molecule has 0 radical (unpaired) electrons. The van der Waals surface area contributed by atoms with Crippen molar-refractivity contribution in [3.8, 4) is 5.75 Å². The first-order chi connectivity index (χ1) is 16.6. The molecule has 3 N–H and O–H groups in total. The van der Waals surface area contributed by atoms with Crippen molar-refractivity contribution in [2.24, 2.45) is 0 Å². The number of hydrogen-bond acceptors (Lipinski definition) is 8. The van der Waals surface area contributed by atoms with Gasteiger partial charge in [-0.1, -0.05) is 12.6 Å². The second kappa shape index (κ2) is 11.5. The molecule has 0 aliphatic heterocycles. The fourth-order valence-corrected chi connectivity index (χ4v) is 3.77. The highest BCUT2D eigenvalue weighted by Gasteiger charge is 2.09.